The van der Waals surface area contributed by atoms with Crippen LogP contribution in [0.4, 0.5) is 5.82 Å². The minimum absolute atomic E-state index is 0. The van der Waals surface area contributed by atoms with Crippen molar-refractivity contribution < 1.29 is 4.79 Å². The highest BCUT2D eigenvalue weighted by atomic mass is 35.5. The van der Waals surface area contributed by atoms with E-state index in [0.717, 1.165) is 50.9 Å². The Kier molecular flexibility index (Phi) is 10.1. The molecule has 7 heteroatoms. The number of aromatic nitrogens is 1. The molecule has 0 bridgehead atoms. The second-order valence-electron chi connectivity index (χ2n) is 5.47. The molecule has 0 radical (unpaired) electrons. The lowest BCUT2D eigenvalue weighted by Gasteiger charge is -2.22. The molecule has 126 valence electrons. The van der Waals surface area contributed by atoms with Crippen LogP contribution < -0.4 is 16.4 Å². The number of nitrogens with zero attached hydrogens (tertiary/aromatic N) is 1. The highest BCUT2D eigenvalue weighted by molar-refractivity contribution is 5.86. The molecule has 1 aromatic rings. The first-order valence-corrected chi connectivity index (χ1v) is 7.43. The maximum atomic E-state index is 12.0. The molecule has 0 spiro atoms. The maximum Gasteiger partial charge on any atom is 0.240 e. The van der Waals surface area contributed by atoms with Crippen molar-refractivity contribution in [1.82, 2.24) is 10.3 Å². The monoisotopic (exact) mass is 348 g/mol. The number of amides is 1. The van der Waals surface area contributed by atoms with Gasteiger partial charge >= 0.3 is 0 Å². The van der Waals surface area contributed by atoms with Gasteiger partial charge in [-0.1, -0.05) is 18.9 Å². The molecule has 4 N–H and O–H groups in total. The summed E-state index contributed by atoms with van der Waals surface area (Å²) >= 11 is 0. The van der Waals surface area contributed by atoms with E-state index in [9.17, 15) is 4.79 Å². The van der Waals surface area contributed by atoms with E-state index in [1.54, 1.807) is 6.20 Å². The zero-order valence-electron chi connectivity index (χ0n) is 12.7. The second kappa shape index (κ2) is 10.6. The van der Waals surface area contributed by atoms with Gasteiger partial charge < -0.3 is 16.4 Å². The Morgan fingerprint density at radius 1 is 1.18 bits per heavy atom. The van der Waals surface area contributed by atoms with Crippen LogP contribution in [-0.2, 0) is 4.79 Å². The first-order chi connectivity index (χ1) is 9.71. The zero-order valence-corrected chi connectivity index (χ0v) is 14.3. The molecule has 1 aliphatic rings. The Morgan fingerprint density at radius 2 is 1.86 bits per heavy atom. The molecule has 22 heavy (non-hydrogen) atoms. The van der Waals surface area contributed by atoms with E-state index >= 15 is 0 Å². The number of nitrogens with two attached hydrogens (primary N) is 1. The summed E-state index contributed by atoms with van der Waals surface area (Å²) in [5, 5.41) is 6.20. The Hall–Kier alpha value is -1.04. The van der Waals surface area contributed by atoms with Crippen LogP contribution >= 0.6 is 24.8 Å². The number of hydrogen-bond donors (Lipinski definition) is 3. The van der Waals surface area contributed by atoms with Crippen LogP contribution in [0.1, 0.15) is 38.5 Å². The molecule has 1 fully saturated rings. The van der Waals surface area contributed by atoms with Gasteiger partial charge in [-0.15, -0.1) is 24.8 Å². The lowest BCUT2D eigenvalue weighted by atomic mass is 9.98. The van der Waals surface area contributed by atoms with E-state index in [0.29, 0.717) is 6.54 Å². The second-order valence-corrected chi connectivity index (χ2v) is 5.47. The molecule has 0 atom stereocenters. The first-order valence-electron chi connectivity index (χ1n) is 7.43. The fourth-order valence-electron chi connectivity index (χ4n) is 2.54. The number of rotatable bonds is 7. The van der Waals surface area contributed by atoms with Gasteiger partial charge in [-0.3, -0.25) is 4.79 Å². The van der Waals surface area contributed by atoms with Crippen molar-refractivity contribution in [2.45, 2.75) is 44.1 Å². The maximum absolute atomic E-state index is 12.0. The molecule has 0 saturated heterocycles. The van der Waals surface area contributed by atoms with Crippen LogP contribution in [0.25, 0.3) is 0 Å². The smallest absolute Gasteiger partial charge is 0.240 e. The van der Waals surface area contributed by atoms with Crippen molar-refractivity contribution in [2.24, 2.45) is 5.73 Å². The summed E-state index contributed by atoms with van der Waals surface area (Å²) in [4.78, 5) is 16.1. The van der Waals surface area contributed by atoms with Gasteiger partial charge in [-0.25, -0.2) is 4.98 Å². The SMILES string of the molecule is Cl.Cl.NC1(C(=O)NCCCCNc2ccccn2)CCCC1. The Labute approximate surface area is 144 Å². The molecule has 1 aromatic heterocycles. The first kappa shape index (κ1) is 21.0. The molecule has 2 rings (SSSR count). The van der Waals surface area contributed by atoms with Crippen LogP contribution in [0.3, 0.4) is 0 Å². The van der Waals surface area contributed by atoms with Crippen LogP contribution in [0.5, 0.6) is 0 Å². The number of unbranched alkanes of at least 4 members (excludes halogenated alkanes) is 1. The Balaban J connectivity index is 0.00000220. The van der Waals surface area contributed by atoms with E-state index in [-0.39, 0.29) is 30.7 Å². The van der Waals surface area contributed by atoms with Gasteiger partial charge in [0.1, 0.15) is 5.82 Å². The summed E-state index contributed by atoms with van der Waals surface area (Å²) in [5.74, 6) is 0.913. The van der Waals surface area contributed by atoms with Gasteiger partial charge in [0.15, 0.2) is 0 Å². The van der Waals surface area contributed by atoms with Crippen LogP contribution in [0.2, 0.25) is 0 Å². The number of anilines is 1. The third-order valence-electron chi connectivity index (χ3n) is 3.81. The van der Waals surface area contributed by atoms with Gasteiger partial charge in [-0.2, -0.15) is 0 Å². The molecule has 1 saturated carbocycles. The van der Waals surface area contributed by atoms with E-state index in [1.165, 1.54) is 0 Å². The van der Waals surface area contributed by atoms with Gasteiger partial charge in [0.25, 0.3) is 0 Å². The number of hydrogen-bond acceptors (Lipinski definition) is 4. The molecule has 5 nitrogen and oxygen atoms in total. The molecule has 1 heterocycles. The normalized spacial score (nSPS) is 15.3. The Morgan fingerprint density at radius 3 is 2.50 bits per heavy atom. The van der Waals surface area contributed by atoms with Gasteiger partial charge in [0.05, 0.1) is 5.54 Å². The summed E-state index contributed by atoms with van der Waals surface area (Å²) in [6, 6.07) is 5.80. The fraction of sp³-hybridized carbons (Fsp3) is 0.600. The van der Waals surface area contributed by atoms with Crippen molar-refractivity contribution in [1.29, 1.82) is 0 Å². The number of nitrogens with one attached hydrogen (secondary N) is 2. The third-order valence-corrected chi connectivity index (χ3v) is 3.81. The third kappa shape index (κ3) is 6.38. The van der Waals surface area contributed by atoms with E-state index < -0.39 is 5.54 Å². The highest BCUT2D eigenvalue weighted by Gasteiger charge is 2.36. The topological polar surface area (TPSA) is 80.0 Å². The standard InChI is InChI=1S/C15H24N4O.2ClH/c16-15(8-2-3-9-15)14(20)19-12-6-5-11-18-13-7-1-4-10-17-13;;/h1,4,7,10H,2-3,5-6,8-9,11-12,16H2,(H,17,18)(H,19,20);2*1H. The summed E-state index contributed by atoms with van der Waals surface area (Å²) in [5.41, 5.74) is 5.48. The van der Waals surface area contributed by atoms with Crippen LogP contribution in [0, 0.1) is 0 Å². The molecule has 0 unspecified atom stereocenters. The molecule has 1 aliphatic carbocycles. The molecular weight excluding hydrogens is 323 g/mol. The van der Waals surface area contributed by atoms with E-state index in [4.69, 9.17) is 5.73 Å². The summed E-state index contributed by atoms with van der Waals surface area (Å²) in [6.07, 6.45) is 7.48. The van der Waals surface area contributed by atoms with Crippen molar-refractivity contribution >= 4 is 36.5 Å². The molecule has 0 aromatic carbocycles. The Bertz CT molecular complexity index is 425. The number of halogens is 2. The number of carbonyl (C=O) groups is 1. The summed E-state index contributed by atoms with van der Waals surface area (Å²) in [6.45, 7) is 1.56. The highest BCUT2D eigenvalue weighted by Crippen LogP contribution is 2.27. The lowest BCUT2D eigenvalue weighted by Crippen LogP contribution is -2.52. The predicted octanol–water partition coefficient (Wildman–Crippen LogP) is 2.51. The van der Waals surface area contributed by atoms with Crippen molar-refractivity contribution in [2.75, 3.05) is 18.4 Å². The summed E-state index contributed by atoms with van der Waals surface area (Å²) < 4.78 is 0. The fourth-order valence-corrected chi connectivity index (χ4v) is 2.54. The predicted molar refractivity (Wildman–Crippen MR) is 94.9 cm³/mol. The average Bonchev–Trinajstić information content (AvgIpc) is 2.92. The van der Waals surface area contributed by atoms with Crippen LogP contribution in [0.15, 0.2) is 24.4 Å². The van der Waals surface area contributed by atoms with E-state index in [2.05, 4.69) is 15.6 Å². The van der Waals surface area contributed by atoms with E-state index in [1.807, 2.05) is 18.2 Å². The van der Waals surface area contributed by atoms with Crippen molar-refractivity contribution in [3.05, 3.63) is 24.4 Å². The molecule has 1 amide bonds. The van der Waals surface area contributed by atoms with Crippen molar-refractivity contribution in [3.8, 4) is 0 Å². The molecule has 0 aliphatic heterocycles. The lowest BCUT2D eigenvalue weighted by molar-refractivity contribution is -0.126. The largest absolute Gasteiger partial charge is 0.370 e. The number of pyridine rings is 1. The minimum Gasteiger partial charge on any atom is -0.370 e. The van der Waals surface area contributed by atoms with Gasteiger partial charge in [0.2, 0.25) is 5.91 Å². The zero-order chi connectivity index (χ0) is 14.3. The molecular formula is C15H26Cl2N4O. The summed E-state index contributed by atoms with van der Waals surface area (Å²) in [7, 11) is 0. The average molecular weight is 349 g/mol. The van der Waals surface area contributed by atoms with Gasteiger partial charge in [0, 0.05) is 19.3 Å². The minimum atomic E-state index is -0.605. The quantitative estimate of drug-likeness (QED) is 0.661. The van der Waals surface area contributed by atoms with Gasteiger partial charge in [-0.05, 0) is 37.8 Å². The van der Waals surface area contributed by atoms with Crippen LogP contribution in [-0.4, -0.2) is 29.5 Å². The number of carbonyl (C=O) groups excluding carboxylic acids is 1. The van der Waals surface area contributed by atoms with Crippen molar-refractivity contribution in [3.63, 3.8) is 0 Å².